The molecule has 7 heteroatoms. The number of morpholine rings is 1. The second kappa shape index (κ2) is 6.70. The van der Waals surface area contributed by atoms with Gasteiger partial charge >= 0.3 is 0 Å². The summed E-state index contributed by atoms with van der Waals surface area (Å²) < 4.78 is 18.8. The third kappa shape index (κ3) is 3.62. The normalized spacial score (nSPS) is 14.6. The van der Waals surface area contributed by atoms with E-state index in [4.69, 9.17) is 4.74 Å². The van der Waals surface area contributed by atoms with Crippen molar-refractivity contribution < 1.29 is 13.9 Å². The van der Waals surface area contributed by atoms with Crippen molar-refractivity contribution in [3.63, 3.8) is 0 Å². The minimum Gasteiger partial charge on any atom is -0.378 e. The van der Waals surface area contributed by atoms with Crippen molar-refractivity contribution in [1.82, 2.24) is 9.97 Å². The summed E-state index contributed by atoms with van der Waals surface area (Å²) in [6.45, 7) is 4.38. The van der Waals surface area contributed by atoms with E-state index < -0.39 is 5.91 Å². The number of aromatic nitrogens is 2. The Hall–Kier alpha value is -2.54. The van der Waals surface area contributed by atoms with E-state index >= 15 is 0 Å². The summed E-state index contributed by atoms with van der Waals surface area (Å²) in [5.74, 6) is -0.0757. The van der Waals surface area contributed by atoms with Crippen LogP contribution in [0.4, 0.5) is 15.9 Å². The molecule has 0 radical (unpaired) electrons. The summed E-state index contributed by atoms with van der Waals surface area (Å²) >= 11 is 0. The zero-order chi connectivity index (χ0) is 16.2. The number of hydrogen-bond donors (Lipinski definition) is 1. The summed E-state index contributed by atoms with van der Waals surface area (Å²) in [5.41, 5.74) is 1.16. The fourth-order valence-corrected chi connectivity index (χ4v) is 2.30. The van der Waals surface area contributed by atoms with Crippen LogP contribution in [-0.4, -0.2) is 42.2 Å². The first kappa shape index (κ1) is 15.4. The fourth-order valence-electron chi connectivity index (χ4n) is 2.30. The molecule has 0 spiro atoms. The molecule has 0 bridgehead atoms. The number of benzene rings is 1. The summed E-state index contributed by atoms with van der Waals surface area (Å²) in [6, 6.07) is 6.19. The first-order valence-electron chi connectivity index (χ1n) is 7.36. The number of hydrogen-bond acceptors (Lipinski definition) is 5. The van der Waals surface area contributed by atoms with E-state index in [2.05, 4.69) is 15.3 Å². The lowest BCUT2D eigenvalue weighted by atomic mass is 10.2. The van der Waals surface area contributed by atoms with Gasteiger partial charge < -0.3 is 15.0 Å². The highest BCUT2D eigenvalue weighted by Crippen LogP contribution is 2.16. The average molecular weight is 316 g/mol. The van der Waals surface area contributed by atoms with Gasteiger partial charge in [0.05, 0.1) is 13.2 Å². The molecule has 0 unspecified atom stereocenters. The van der Waals surface area contributed by atoms with Crippen LogP contribution in [0.3, 0.4) is 0 Å². The molecule has 1 N–H and O–H groups in total. The molecule has 2 aromatic rings. The van der Waals surface area contributed by atoms with Crippen molar-refractivity contribution in [2.45, 2.75) is 6.92 Å². The van der Waals surface area contributed by atoms with E-state index in [1.165, 1.54) is 12.4 Å². The highest BCUT2D eigenvalue weighted by Gasteiger charge is 2.15. The van der Waals surface area contributed by atoms with Crippen LogP contribution >= 0.6 is 0 Å². The van der Waals surface area contributed by atoms with Gasteiger partial charge in [0.1, 0.15) is 23.7 Å². The fraction of sp³-hybridized carbons (Fsp3) is 0.312. The van der Waals surface area contributed by atoms with Gasteiger partial charge in [-0.25, -0.2) is 14.4 Å². The Balaban J connectivity index is 1.75. The van der Waals surface area contributed by atoms with Crippen LogP contribution in [0.1, 0.15) is 16.1 Å². The lowest BCUT2D eigenvalue weighted by molar-refractivity contribution is 0.102. The number of nitrogens with zero attached hydrogens (tertiary/aromatic N) is 3. The van der Waals surface area contributed by atoms with Gasteiger partial charge in [0.25, 0.3) is 5.91 Å². The Bertz CT molecular complexity index is 717. The molecule has 1 saturated heterocycles. The predicted octanol–water partition coefficient (Wildman–Crippen LogP) is 2.01. The van der Waals surface area contributed by atoms with Gasteiger partial charge in [-0.2, -0.15) is 0 Å². The maximum absolute atomic E-state index is 13.5. The maximum Gasteiger partial charge on any atom is 0.274 e. The Labute approximate surface area is 133 Å². The van der Waals surface area contributed by atoms with Gasteiger partial charge in [-0.1, -0.05) is 6.07 Å². The Morgan fingerprint density at radius 2 is 2.04 bits per heavy atom. The number of rotatable bonds is 3. The molecule has 1 amide bonds. The number of amides is 1. The minimum atomic E-state index is -0.398. The molecule has 6 nitrogen and oxygen atoms in total. The van der Waals surface area contributed by atoms with Gasteiger partial charge in [-0.15, -0.1) is 0 Å². The number of ether oxygens (including phenoxy) is 1. The number of anilines is 2. The van der Waals surface area contributed by atoms with E-state index in [9.17, 15) is 9.18 Å². The van der Waals surface area contributed by atoms with Gasteiger partial charge in [0.2, 0.25) is 0 Å². The number of carbonyl (C=O) groups excluding carboxylic acids is 1. The van der Waals surface area contributed by atoms with Crippen molar-refractivity contribution in [1.29, 1.82) is 0 Å². The molecule has 1 fully saturated rings. The van der Waals surface area contributed by atoms with Crippen LogP contribution in [0.25, 0.3) is 0 Å². The second-order valence-corrected chi connectivity index (χ2v) is 5.28. The average Bonchev–Trinajstić information content (AvgIpc) is 2.59. The topological polar surface area (TPSA) is 67.4 Å². The molecule has 1 aliphatic heterocycles. The van der Waals surface area contributed by atoms with E-state index in [-0.39, 0.29) is 11.5 Å². The third-order valence-electron chi connectivity index (χ3n) is 3.65. The third-order valence-corrected chi connectivity index (χ3v) is 3.65. The smallest absolute Gasteiger partial charge is 0.274 e. The summed E-state index contributed by atoms with van der Waals surface area (Å²) in [4.78, 5) is 22.5. The van der Waals surface area contributed by atoms with Gasteiger partial charge in [0, 0.05) is 24.8 Å². The van der Waals surface area contributed by atoms with Crippen LogP contribution in [0.2, 0.25) is 0 Å². The van der Waals surface area contributed by atoms with E-state index in [1.807, 2.05) is 4.90 Å². The Morgan fingerprint density at radius 1 is 1.26 bits per heavy atom. The summed E-state index contributed by atoms with van der Waals surface area (Å²) in [5, 5.41) is 2.64. The summed E-state index contributed by atoms with van der Waals surface area (Å²) in [7, 11) is 0. The molecule has 0 saturated carbocycles. The quantitative estimate of drug-likeness (QED) is 0.938. The molecule has 1 aliphatic rings. The van der Waals surface area contributed by atoms with Crippen molar-refractivity contribution in [2.24, 2.45) is 0 Å². The van der Waals surface area contributed by atoms with Crippen LogP contribution in [-0.2, 0) is 4.74 Å². The lowest BCUT2D eigenvalue weighted by Crippen LogP contribution is -2.37. The van der Waals surface area contributed by atoms with E-state index in [0.717, 1.165) is 13.1 Å². The molecule has 2 heterocycles. The van der Waals surface area contributed by atoms with Crippen LogP contribution in [0, 0.1) is 12.7 Å². The number of nitrogens with one attached hydrogen (secondary N) is 1. The number of carbonyl (C=O) groups is 1. The number of aryl methyl sites for hydroxylation is 1. The molecule has 23 heavy (non-hydrogen) atoms. The predicted molar refractivity (Wildman–Crippen MR) is 84.2 cm³/mol. The molecular weight excluding hydrogens is 299 g/mol. The van der Waals surface area contributed by atoms with Crippen LogP contribution < -0.4 is 10.2 Å². The monoisotopic (exact) mass is 316 g/mol. The SMILES string of the molecule is Cc1ccc(NC(=O)c2cc(N3CCOCC3)ncn2)cc1F. The van der Waals surface area contributed by atoms with Gasteiger partial charge in [0.15, 0.2) is 0 Å². The molecule has 3 rings (SSSR count). The Kier molecular flexibility index (Phi) is 4.47. The second-order valence-electron chi connectivity index (χ2n) is 5.28. The zero-order valence-electron chi connectivity index (χ0n) is 12.8. The van der Waals surface area contributed by atoms with Crippen molar-refractivity contribution in [2.75, 3.05) is 36.5 Å². The highest BCUT2D eigenvalue weighted by atomic mass is 19.1. The molecule has 0 aliphatic carbocycles. The zero-order valence-corrected chi connectivity index (χ0v) is 12.8. The first-order valence-corrected chi connectivity index (χ1v) is 7.36. The maximum atomic E-state index is 13.5. The molecule has 0 atom stereocenters. The number of halogens is 1. The lowest BCUT2D eigenvalue weighted by Gasteiger charge is -2.27. The van der Waals surface area contributed by atoms with Crippen molar-refractivity contribution >= 4 is 17.4 Å². The van der Waals surface area contributed by atoms with E-state index in [0.29, 0.717) is 30.3 Å². The van der Waals surface area contributed by atoms with Crippen LogP contribution in [0.15, 0.2) is 30.6 Å². The molecule has 1 aromatic heterocycles. The Morgan fingerprint density at radius 3 is 2.78 bits per heavy atom. The van der Waals surface area contributed by atoms with Crippen LogP contribution in [0.5, 0.6) is 0 Å². The largest absolute Gasteiger partial charge is 0.378 e. The molecular formula is C16H17FN4O2. The van der Waals surface area contributed by atoms with E-state index in [1.54, 1.807) is 25.1 Å². The van der Waals surface area contributed by atoms with Gasteiger partial charge in [-0.3, -0.25) is 4.79 Å². The first-order chi connectivity index (χ1) is 11.1. The van der Waals surface area contributed by atoms with Crippen molar-refractivity contribution in [3.8, 4) is 0 Å². The highest BCUT2D eigenvalue weighted by molar-refractivity contribution is 6.03. The molecule has 1 aromatic carbocycles. The summed E-state index contributed by atoms with van der Waals surface area (Å²) in [6.07, 6.45) is 1.36. The standard InChI is InChI=1S/C16H17FN4O2/c1-11-2-3-12(8-13(11)17)20-16(22)14-9-15(19-10-18-14)21-4-6-23-7-5-21/h2-3,8-10H,4-7H2,1H3,(H,20,22). The van der Waals surface area contributed by atoms with Gasteiger partial charge in [-0.05, 0) is 24.6 Å². The minimum absolute atomic E-state index is 0.238. The van der Waals surface area contributed by atoms with Crippen molar-refractivity contribution in [3.05, 3.63) is 47.7 Å². The molecule has 120 valence electrons.